The molecule has 0 spiro atoms. The Morgan fingerprint density at radius 2 is 1.21 bits per heavy atom. The maximum Gasteiger partial charge on any atom is 0.134 e. The second-order valence-corrected chi connectivity index (χ2v) is 9.09. The van der Waals surface area contributed by atoms with Crippen LogP contribution in [0.5, 0.6) is 0 Å². The summed E-state index contributed by atoms with van der Waals surface area (Å²) in [6, 6.07) is 26.9. The van der Waals surface area contributed by atoms with Crippen LogP contribution < -0.4 is 0 Å². The van der Waals surface area contributed by atoms with Crippen molar-refractivity contribution >= 4 is 10.8 Å². The van der Waals surface area contributed by atoms with Gasteiger partial charge in [-0.3, -0.25) is 0 Å². The topological polar surface area (TPSA) is 0 Å². The van der Waals surface area contributed by atoms with Gasteiger partial charge in [-0.15, -0.1) is 0 Å². The van der Waals surface area contributed by atoms with E-state index in [0.717, 1.165) is 47.8 Å². The summed E-state index contributed by atoms with van der Waals surface area (Å²) in [6.45, 7) is 4.40. The number of hydrogen-bond acceptors (Lipinski definition) is 0. The Bertz CT molecular complexity index is 1280. The molecule has 4 aromatic rings. The van der Waals surface area contributed by atoms with E-state index in [0.29, 0.717) is 11.8 Å². The van der Waals surface area contributed by atoms with Crippen LogP contribution >= 0.6 is 0 Å². The van der Waals surface area contributed by atoms with Gasteiger partial charge in [0.25, 0.3) is 0 Å². The molecule has 0 amide bonds. The van der Waals surface area contributed by atoms with Crippen LogP contribution in [0.15, 0.2) is 78.9 Å². The molecule has 0 heterocycles. The third-order valence-corrected chi connectivity index (χ3v) is 6.40. The van der Waals surface area contributed by atoms with E-state index < -0.39 is 0 Å². The highest BCUT2D eigenvalue weighted by molar-refractivity contribution is 5.85. The minimum atomic E-state index is -0.109. The molecule has 0 aromatic heterocycles. The van der Waals surface area contributed by atoms with Crippen molar-refractivity contribution in [3.63, 3.8) is 0 Å². The molecular formula is C33H33F. The highest BCUT2D eigenvalue weighted by Crippen LogP contribution is 2.24. The van der Waals surface area contributed by atoms with Crippen LogP contribution in [-0.2, 0) is 25.7 Å². The standard InChI is InChI=1S/C33H33F/c1-3-5-7-26-10-14-27(15-11-26)16-17-29-19-23-32-31(24-29)22-21-30(33(32)34)20-18-28-12-8-25(6-4-2)9-13-28/h8-15,19,21-24H,3-7,18,20H2,1-2H3. The Morgan fingerprint density at radius 3 is 1.91 bits per heavy atom. The lowest BCUT2D eigenvalue weighted by molar-refractivity contribution is 0.620. The van der Waals surface area contributed by atoms with Gasteiger partial charge in [-0.2, -0.15) is 0 Å². The van der Waals surface area contributed by atoms with Gasteiger partial charge in [0.1, 0.15) is 5.82 Å². The molecular weight excluding hydrogens is 415 g/mol. The van der Waals surface area contributed by atoms with Gasteiger partial charge in [0.05, 0.1) is 0 Å². The summed E-state index contributed by atoms with van der Waals surface area (Å²) in [4.78, 5) is 0. The molecule has 0 unspecified atom stereocenters. The highest BCUT2D eigenvalue weighted by Gasteiger charge is 2.08. The second-order valence-electron chi connectivity index (χ2n) is 9.09. The summed E-state index contributed by atoms with van der Waals surface area (Å²) in [5.41, 5.74) is 6.66. The minimum Gasteiger partial charge on any atom is -0.206 e. The fourth-order valence-electron chi connectivity index (χ4n) is 4.33. The van der Waals surface area contributed by atoms with Crippen molar-refractivity contribution < 1.29 is 4.39 Å². The van der Waals surface area contributed by atoms with Gasteiger partial charge in [-0.1, -0.05) is 93.1 Å². The summed E-state index contributed by atoms with van der Waals surface area (Å²) in [5.74, 6) is 6.37. The molecule has 4 aromatic carbocycles. The lowest BCUT2D eigenvalue weighted by Crippen LogP contribution is -1.96. The fraction of sp³-hybridized carbons (Fsp3) is 0.273. The summed E-state index contributed by atoms with van der Waals surface area (Å²) in [6.07, 6.45) is 7.34. The van der Waals surface area contributed by atoms with Gasteiger partial charge in [-0.05, 0) is 84.0 Å². The van der Waals surface area contributed by atoms with Crippen molar-refractivity contribution in [1.29, 1.82) is 0 Å². The van der Waals surface area contributed by atoms with Gasteiger partial charge in [0, 0.05) is 16.5 Å². The van der Waals surface area contributed by atoms with Gasteiger partial charge in [-0.25, -0.2) is 4.39 Å². The lowest BCUT2D eigenvalue weighted by Gasteiger charge is -2.08. The highest BCUT2D eigenvalue weighted by atomic mass is 19.1. The minimum absolute atomic E-state index is 0.109. The summed E-state index contributed by atoms with van der Waals surface area (Å²) in [7, 11) is 0. The van der Waals surface area contributed by atoms with Crippen molar-refractivity contribution in [3.05, 3.63) is 118 Å². The molecule has 0 aliphatic heterocycles. The molecule has 0 aliphatic rings. The van der Waals surface area contributed by atoms with Crippen LogP contribution in [0, 0.1) is 17.7 Å². The molecule has 0 radical (unpaired) electrons. The number of aryl methyl sites for hydroxylation is 4. The number of halogens is 1. The average Bonchev–Trinajstić information content (AvgIpc) is 2.87. The van der Waals surface area contributed by atoms with Crippen molar-refractivity contribution in [2.24, 2.45) is 0 Å². The average molecular weight is 449 g/mol. The third-order valence-electron chi connectivity index (χ3n) is 6.40. The van der Waals surface area contributed by atoms with Gasteiger partial charge in [0.15, 0.2) is 0 Å². The van der Waals surface area contributed by atoms with Gasteiger partial charge < -0.3 is 0 Å². The van der Waals surface area contributed by atoms with Crippen LogP contribution in [0.3, 0.4) is 0 Å². The quantitative estimate of drug-likeness (QED) is 0.237. The van der Waals surface area contributed by atoms with Gasteiger partial charge in [0.2, 0.25) is 0 Å². The molecule has 1 heteroatoms. The molecule has 172 valence electrons. The second kappa shape index (κ2) is 11.7. The number of unbranched alkanes of at least 4 members (excludes halogenated alkanes) is 1. The van der Waals surface area contributed by atoms with Crippen LogP contribution in [0.2, 0.25) is 0 Å². The summed E-state index contributed by atoms with van der Waals surface area (Å²) in [5, 5.41) is 1.56. The van der Waals surface area contributed by atoms with Crippen molar-refractivity contribution in [2.45, 2.75) is 58.8 Å². The molecule has 0 nitrogen and oxygen atoms in total. The Hall–Kier alpha value is -3.37. The van der Waals surface area contributed by atoms with E-state index in [1.165, 1.54) is 29.5 Å². The molecule has 0 N–H and O–H groups in total. The fourth-order valence-corrected chi connectivity index (χ4v) is 4.33. The number of benzene rings is 4. The van der Waals surface area contributed by atoms with Gasteiger partial charge >= 0.3 is 0 Å². The summed E-state index contributed by atoms with van der Waals surface area (Å²) < 4.78 is 15.2. The van der Waals surface area contributed by atoms with Crippen molar-refractivity contribution in [3.8, 4) is 11.8 Å². The van der Waals surface area contributed by atoms with Crippen LogP contribution in [-0.4, -0.2) is 0 Å². The maximum absolute atomic E-state index is 15.2. The number of rotatable bonds is 8. The third kappa shape index (κ3) is 6.15. The van der Waals surface area contributed by atoms with E-state index in [2.05, 4.69) is 74.2 Å². The molecule has 0 bridgehead atoms. The van der Waals surface area contributed by atoms with Crippen LogP contribution in [0.1, 0.15) is 66.5 Å². The first kappa shape index (κ1) is 23.8. The van der Waals surface area contributed by atoms with E-state index >= 15 is 4.39 Å². The zero-order valence-electron chi connectivity index (χ0n) is 20.3. The molecule has 0 saturated heterocycles. The predicted molar refractivity (Wildman–Crippen MR) is 143 cm³/mol. The maximum atomic E-state index is 15.2. The van der Waals surface area contributed by atoms with E-state index in [9.17, 15) is 0 Å². The monoisotopic (exact) mass is 448 g/mol. The largest absolute Gasteiger partial charge is 0.206 e. The van der Waals surface area contributed by atoms with E-state index in [1.54, 1.807) is 0 Å². The normalized spacial score (nSPS) is 10.8. The Labute approximate surface area is 203 Å². The van der Waals surface area contributed by atoms with E-state index in [1.807, 2.05) is 30.3 Å². The van der Waals surface area contributed by atoms with Crippen molar-refractivity contribution in [1.82, 2.24) is 0 Å². The Balaban J connectivity index is 1.45. The van der Waals surface area contributed by atoms with Crippen molar-refractivity contribution in [2.75, 3.05) is 0 Å². The Morgan fingerprint density at radius 1 is 0.588 bits per heavy atom. The molecule has 0 saturated carbocycles. The lowest BCUT2D eigenvalue weighted by atomic mass is 9.98. The zero-order chi connectivity index (χ0) is 23.8. The van der Waals surface area contributed by atoms with E-state index in [-0.39, 0.29) is 5.82 Å². The van der Waals surface area contributed by atoms with Crippen LogP contribution in [0.25, 0.3) is 10.8 Å². The molecule has 0 fully saturated rings. The molecule has 4 rings (SSSR count). The molecule has 0 aliphatic carbocycles. The Kier molecular flexibility index (Phi) is 8.16. The SMILES string of the molecule is CCCCc1ccc(C#Cc2ccc3c(F)c(CCc4ccc(CCC)cc4)ccc3c2)cc1. The summed E-state index contributed by atoms with van der Waals surface area (Å²) >= 11 is 0. The number of fused-ring (bicyclic) bond motifs is 1. The van der Waals surface area contributed by atoms with E-state index in [4.69, 9.17) is 0 Å². The molecule has 34 heavy (non-hydrogen) atoms. The predicted octanol–water partition coefficient (Wildman–Crippen LogP) is 8.46. The van der Waals surface area contributed by atoms with Crippen LogP contribution in [0.4, 0.5) is 4.39 Å². The smallest absolute Gasteiger partial charge is 0.134 e. The number of hydrogen-bond donors (Lipinski definition) is 0. The first-order chi connectivity index (χ1) is 16.7. The first-order valence-corrected chi connectivity index (χ1v) is 12.6. The molecule has 0 atom stereocenters. The zero-order valence-corrected chi connectivity index (χ0v) is 20.3. The first-order valence-electron chi connectivity index (χ1n) is 12.6.